The minimum atomic E-state index is -1.12. The van der Waals surface area contributed by atoms with E-state index in [1.165, 1.54) is 6.07 Å². The fourth-order valence-corrected chi connectivity index (χ4v) is 2.33. The van der Waals surface area contributed by atoms with Gasteiger partial charge in [0, 0.05) is 4.88 Å². The van der Waals surface area contributed by atoms with Gasteiger partial charge in [0.2, 0.25) is 0 Å². The molecule has 2 aromatic rings. The molecule has 0 aliphatic rings. The summed E-state index contributed by atoms with van der Waals surface area (Å²) in [5.41, 5.74) is 0.846. The fourth-order valence-electron chi connectivity index (χ4n) is 1.43. The average molecular weight is 250 g/mol. The zero-order valence-electron chi connectivity index (χ0n) is 9.01. The van der Waals surface area contributed by atoms with Crippen LogP contribution in [0.5, 0.6) is 11.5 Å². The van der Waals surface area contributed by atoms with Crippen LogP contribution in [-0.4, -0.2) is 23.3 Å². The van der Waals surface area contributed by atoms with Crippen LogP contribution < -0.4 is 4.74 Å². The van der Waals surface area contributed by atoms with Gasteiger partial charge >= 0.3 is 5.97 Å². The maximum absolute atomic E-state index is 10.8. The Hall–Kier alpha value is -2.01. The van der Waals surface area contributed by atoms with Gasteiger partial charge in [-0.05, 0) is 35.9 Å². The molecule has 1 aromatic carbocycles. The van der Waals surface area contributed by atoms with E-state index in [1.54, 1.807) is 19.2 Å². The number of benzene rings is 1. The smallest absolute Gasteiger partial charge is 0.349 e. The summed E-state index contributed by atoms with van der Waals surface area (Å²) in [5, 5.41) is 18.3. The highest BCUT2D eigenvalue weighted by Crippen LogP contribution is 2.35. The number of thiophene rings is 1. The number of carboxylic acid groups (broad SMARTS) is 1. The molecule has 0 spiro atoms. The van der Waals surface area contributed by atoms with Crippen molar-refractivity contribution in [3.8, 4) is 21.9 Å². The zero-order chi connectivity index (χ0) is 12.4. The second kappa shape index (κ2) is 4.47. The van der Waals surface area contributed by atoms with Crippen molar-refractivity contribution < 1.29 is 19.7 Å². The zero-order valence-corrected chi connectivity index (χ0v) is 9.82. The van der Waals surface area contributed by atoms with Crippen molar-refractivity contribution in [2.75, 3.05) is 7.11 Å². The summed E-state index contributed by atoms with van der Waals surface area (Å²) in [6.07, 6.45) is 0. The Morgan fingerprint density at radius 2 is 1.94 bits per heavy atom. The first kappa shape index (κ1) is 11.5. The van der Waals surface area contributed by atoms with Crippen LogP contribution in [0.25, 0.3) is 10.4 Å². The van der Waals surface area contributed by atoms with E-state index < -0.39 is 5.97 Å². The van der Waals surface area contributed by atoms with Gasteiger partial charge in [0.1, 0.15) is 11.5 Å². The van der Waals surface area contributed by atoms with Gasteiger partial charge in [-0.2, -0.15) is 0 Å². The topological polar surface area (TPSA) is 66.8 Å². The minimum Gasteiger partial charge on any atom is -0.506 e. The Labute approximate surface area is 102 Å². The molecule has 2 rings (SSSR count). The second-order valence-electron chi connectivity index (χ2n) is 3.36. The summed E-state index contributed by atoms with van der Waals surface area (Å²) in [5.74, 6) is -0.589. The van der Waals surface area contributed by atoms with Crippen LogP contribution in [0.2, 0.25) is 0 Å². The summed E-state index contributed by atoms with van der Waals surface area (Å²) >= 11 is 1.04. The molecule has 4 nitrogen and oxygen atoms in total. The summed E-state index contributed by atoms with van der Waals surface area (Å²) in [7, 11) is 1.58. The highest BCUT2D eigenvalue weighted by Gasteiger charge is 2.15. The van der Waals surface area contributed by atoms with Crippen LogP contribution in [0.3, 0.4) is 0 Å². The molecule has 88 valence electrons. The van der Waals surface area contributed by atoms with Crippen LogP contribution in [0.15, 0.2) is 30.3 Å². The third-order valence-corrected chi connectivity index (χ3v) is 3.44. The molecule has 2 N–H and O–H groups in total. The van der Waals surface area contributed by atoms with Crippen molar-refractivity contribution in [2.24, 2.45) is 0 Å². The lowest BCUT2D eigenvalue weighted by Gasteiger charge is -2.00. The quantitative estimate of drug-likeness (QED) is 0.879. The molecule has 0 saturated carbocycles. The summed E-state index contributed by atoms with van der Waals surface area (Å²) in [4.78, 5) is 11.5. The number of aromatic carboxylic acids is 1. The molecule has 0 unspecified atom stereocenters. The molecule has 0 fully saturated rings. The lowest BCUT2D eigenvalue weighted by molar-refractivity contribution is 0.0699. The Kier molecular flexibility index (Phi) is 3.01. The number of aromatic hydroxyl groups is 1. The molecule has 0 aliphatic heterocycles. The van der Waals surface area contributed by atoms with Gasteiger partial charge in [0.25, 0.3) is 0 Å². The van der Waals surface area contributed by atoms with Crippen LogP contribution in [0.4, 0.5) is 0 Å². The van der Waals surface area contributed by atoms with Gasteiger partial charge in [0.15, 0.2) is 4.88 Å². The lowest BCUT2D eigenvalue weighted by atomic mass is 10.2. The van der Waals surface area contributed by atoms with E-state index in [-0.39, 0.29) is 10.6 Å². The van der Waals surface area contributed by atoms with Crippen LogP contribution in [0, 0.1) is 0 Å². The fraction of sp³-hybridized carbons (Fsp3) is 0.0833. The maximum Gasteiger partial charge on any atom is 0.349 e. The molecule has 1 heterocycles. The van der Waals surface area contributed by atoms with Crippen LogP contribution in [0.1, 0.15) is 9.67 Å². The molecular formula is C12H10O4S. The molecule has 17 heavy (non-hydrogen) atoms. The summed E-state index contributed by atoms with van der Waals surface area (Å²) in [6.45, 7) is 0. The minimum absolute atomic E-state index is 0.0455. The average Bonchev–Trinajstić information content (AvgIpc) is 2.71. The SMILES string of the molecule is COc1ccc(-c2cc(O)c(C(=O)O)s2)cc1. The Balaban J connectivity index is 2.39. The van der Waals surface area contributed by atoms with Gasteiger partial charge in [0.05, 0.1) is 7.11 Å². The monoisotopic (exact) mass is 250 g/mol. The number of carboxylic acids is 1. The first-order valence-electron chi connectivity index (χ1n) is 4.82. The molecule has 0 saturated heterocycles. The van der Waals surface area contributed by atoms with Crippen LogP contribution >= 0.6 is 11.3 Å². The van der Waals surface area contributed by atoms with Gasteiger partial charge in [-0.1, -0.05) is 0 Å². The van der Waals surface area contributed by atoms with E-state index in [9.17, 15) is 9.90 Å². The third kappa shape index (κ3) is 2.24. The van der Waals surface area contributed by atoms with E-state index in [0.717, 1.165) is 22.6 Å². The number of ether oxygens (including phenoxy) is 1. The number of hydrogen-bond acceptors (Lipinski definition) is 4. The number of rotatable bonds is 3. The van der Waals surface area contributed by atoms with E-state index in [1.807, 2.05) is 12.1 Å². The molecule has 1 aromatic heterocycles. The molecule has 5 heteroatoms. The largest absolute Gasteiger partial charge is 0.506 e. The standard InChI is InChI=1S/C12H10O4S/c1-16-8-4-2-7(3-5-8)10-6-9(13)11(17-10)12(14)15/h2-6,13H,1H3,(H,14,15). The first-order valence-corrected chi connectivity index (χ1v) is 5.64. The molecular weight excluding hydrogens is 240 g/mol. The Morgan fingerprint density at radius 3 is 2.41 bits per heavy atom. The molecule has 0 radical (unpaired) electrons. The Morgan fingerprint density at radius 1 is 1.29 bits per heavy atom. The predicted molar refractivity (Wildman–Crippen MR) is 64.9 cm³/mol. The van der Waals surface area contributed by atoms with Crippen LogP contribution in [-0.2, 0) is 0 Å². The van der Waals surface area contributed by atoms with Gasteiger partial charge in [-0.3, -0.25) is 0 Å². The second-order valence-corrected chi connectivity index (χ2v) is 4.41. The van der Waals surface area contributed by atoms with E-state index in [2.05, 4.69) is 0 Å². The predicted octanol–water partition coefficient (Wildman–Crippen LogP) is 2.83. The van der Waals surface area contributed by atoms with Crippen molar-refractivity contribution in [3.63, 3.8) is 0 Å². The number of carbonyl (C=O) groups is 1. The van der Waals surface area contributed by atoms with Gasteiger partial charge in [-0.15, -0.1) is 11.3 Å². The molecule has 0 aliphatic carbocycles. The Bertz CT molecular complexity index is 542. The molecule has 0 atom stereocenters. The normalized spacial score (nSPS) is 10.2. The van der Waals surface area contributed by atoms with Crippen molar-refractivity contribution in [1.82, 2.24) is 0 Å². The van der Waals surface area contributed by atoms with Gasteiger partial charge < -0.3 is 14.9 Å². The van der Waals surface area contributed by atoms with E-state index in [4.69, 9.17) is 9.84 Å². The summed E-state index contributed by atoms with van der Waals surface area (Å²) in [6, 6.07) is 8.65. The highest BCUT2D eigenvalue weighted by molar-refractivity contribution is 7.17. The summed E-state index contributed by atoms with van der Waals surface area (Å²) < 4.78 is 5.03. The van der Waals surface area contributed by atoms with Gasteiger partial charge in [-0.25, -0.2) is 4.79 Å². The molecule has 0 bridgehead atoms. The maximum atomic E-state index is 10.8. The van der Waals surface area contributed by atoms with E-state index in [0.29, 0.717) is 4.88 Å². The third-order valence-electron chi connectivity index (χ3n) is 2.28. The van der Waals surface area contributed by atoms with E-state index >= 15 is 0 Å². The highest BCUT2D eigenvalue weighted by atomic mass is 32.1. The lowest BCUT2D eigenvalue weighted by Crippen LogP contribution is -1.90. The van der Waals surface area contributed by atoms with Crippen molar-refractivity contribution >= 4 is 17.3 Å². The number of methoxy groups -OCH3 is 1. The molecule has 0 amide bonds. The number of hydrogen-bond donors (Lipinski definition) is 2. The van der Waals surface area contributed by atoms with Crippen molar-refractivity contribution in [1.29, 1.82) is 0 Å². The van der Waals surface area contributed by atoms with Crippen molar-refractivity contribution in [3.05, 3.63) is 35.2 Å². The van der Waals surface area contributed by atoms with Crippen molar-refractivity contribution in [2.45, 2.75) is 0 Å². The first-order chi connectivity index (χ1) is 8.11.